The van der Waals surface area contributed by atoms with Crippen molar-refractivity contribution in [3.8, 4) is 0 Å². The van der Waals surface area contributed by atoms with Crippen LogP contribution in [0.1, 0.15) is 0 Å². The van der Waals surface area contributed by atoms with E-state index in [1.54, 1.807) is 6.07 Å². The monoisotopic (exact) mass is 170 g/mol. The number of nitrogens with one attached hydrogen (secondary N) is 1. The number of aromatic nitrogens is 2. The summed E-state index contributed by atoms with van der Waals surface area (Å²) in [6.45, 7) is 0. The van der Waals surface area contributed by atoms with Gasteiger partial charge in [0.1, 0.15) is 11.3 Å². The van der Waals surface area contributed by atoms with Crippen molar-refractivity contribution in [1.82, 2.24) is 10.2 Å². The molecule has 0 aliphatic carbocycles. The summed E-state index contributed by atoms with van der Waals surface area (Å²) in [5, 5.41) is 7.29. The maximum absolute atomic E-state index is 12.9. The normalized spacial score (nSPS) is 10.7. The van der Waals surface area contributed by atoms with Crippen LogP contribution in [-0.4, -0.2) is 10.2 Å². The Morgan fingerprint density at radius 3 is 3.09 bits per heavy atom. The van der Waals surface area contributed by atoms with Gasteiger partial charge in [-0.3, -0.25) is 5.10 Å². The van der Waals surface area contributed by atoms with Gasteiger partial charge in [0.15, 0.2) is 0 Å². The molecule has 0 saturated heterocycles. The van der Waals surface area contributed by atoms with Gasteiger partial charge in [-0.05, 0) is 12.1 Å². The van der Waals surface area contributed by atoms with E-state index < -0.39 is 0 Å². The van der Waals surface area contributed by atoms with Crippen LogP contribution in [0.15, 0.2) is 18.3 Å². The second kappa shape index (κ2) is 2.20. The Hall–Kier alpha value is -1.09. The fourth-order valence-corrected chi connectivity index (χ4v) is 1.19. The van der Waals surface area contributed by atoms with Gasteiger partial charge in [0.2, 0.25) is 0 Å². The summed E-state index contributed by atoms with van der Waals surface area (Å²) in [6, 6.07) is 2.91. The molecule has 0 unspecified atom stereocenters. The fraction of sp³-hybridized carbons (Fsp3) is 0. The highest BCUT2D eigenvalue weighted by molar-refractivity contribution is 6.31. The predicted octanol–water partition coefficient (Wildman–Crippen LogP) is 2.36. The van der Waals surface area contributed by atoms with E-state index in [-0.39, 0.29) is 5.82 Å². The highest BCUT2D eigenvalue weighted by Crippen LogP contribution is 2.20. The Balaban J connectivity index is 2.91. The number of hydrogen-bond donors (Lipinski definition) is 1. The molecule has 2 nitrogen and oxygen atoms in total. The average Bonchev–Trinajstić information content (AvgIpc) is 2.34. The van der Waals surface area contributed by atoms with Gasteiger partial charge in [-0.1, -0.05) is 11.6 Å². The summed E-state index contributed by atoms with van der Waals surface area (Å²) in [6.07, 6.45) is 1.53. The van der Waals surface area contributed by atoms with E-state index in [0.717, 1.165) is 0 Å². The van der Waals surface area contributed by atoms with Crippen molar-refractivity contribution in [3.05, 3.63) is 29.2 Å². The number of halogens is 2. The summed E-state index contributed by atoms with van der Waals surface area (Å²) in [5.41, 5.74) is 0.398. The molecule has 1 aromatic carbocycles. The lowest BCUT2D eigenvalue weighted by Gasteiger charge is -1.91. The van der Waals surface area contributed by atoms with Gasteiger partial charge < -0.3 is 0 Å². The van der Waals surface area contributed by atoms with Crippen molar-refractivity contribution in [2.45, 2.75) is 0 Å². The molecule has 1 heterocycles. The standard InChI is InChI=1S/C7H4ClFN2/c8-5-1-4-3-10-11-7(4)6(9)2-5/h1-3H,(H,10,11). The van der Waals surface area contributed by atoms with Crippen LogP contribution in [-0.2, 0) is 0 Å². The number of hydrogen-bond acceptors (Lipinski definition) is 1. The SMILES string of the molecule is Fc1cc(Cl)cc2cn[nH]c12. The maximum atomic E-state index is 12.9. The van der Waals surface area contributed by atoms with Crippen LogP contribution >= 0.6 is 11.6 Å². The van der Waals surface area contributed by atoms with E-state index in [9.17, 15) is 4.39 Å². The molecule has 0 bridgehead atoms. The largest absolute Gasteiger partial charge is 0.275 e. The predicted molar refractivity (Wildman–Crippen MR) is 41.1 cm³/mol. The van der Waals surface area contributed by atoms with E-state index in [2.05, 4.69) is 10.2 Å². The third kappa shape index (κ3) is 0.973. The first-order chi connectivity index (χ1) is 5.27. The highest BCUT2D eigenvalue weighted by atomic mass is 35.5. The first-order valence-electron chi connectivity index (χ1n) is 3.05. The van der Waals surface area contributed by atoms with Gasteiger partial charge in [-0.15, -0.1) is 0 Å². The lowest BCUT2D eigenvalue weighted by molar-refractivity contribution is 0.636. The lowest BCUT2D eigenvalue weighted by Crippen LogP contribution is -1.77. The summed E-state index contributed by atoms with van der Waals surface area (Å²) >= 11 is 5.60. The summed E-state index contributed by atoms with van der Waals surface area (Å²) in [4.78, 5) is 0. The van der Waals surface area contributed by atoms with Crippen LogP contribution in [0.4, 0.5) is 4.39 Å². The van der Waals surface area contributed by atoms with Gasteiger partial charge in [0.05, 0.1) is 6.20 Å². The Morgan fingerprint density at radius 1 is 1.45 bits per heavy atom. The van der Waals surface area contributed by atoms with E-state index in [0.29, 0.717) is 15.9 Å². The second-order valence-corrected chi connectivity index (χ2v) is 2.66. The van der Waals surface area contributed by atoms with E-state index in [1.165, 1.54) is 12.3 Å². The Kier molecular flexibility index (Phi) is 1.32. The maximum Gasteiger partial charge on any atom is 0.150 e. The Labute approximate surface area is 67.0 Å². The van der Waals surface area contributed by atoms with Crippen molar-refractivity contribution in [2.24, 2.45) is 0 Å². The smallest absolute Gasteiger partial charge is 0.150 e. The molecule has 0 spiro atoms. The van der Waals surface area contributed by atoms with Gasteiger partial charge in [0.25, 0.3) is 0 Å². The fourth-order valence-electron chi connectivity index (χ4n) is 0.980. The lowest BCUT2D eigenvalue weighted by atomic mass is 10.2. The van der Waals surface area contributed by atoms with Gasteiger partial charge >= 0.3 is 0 Å². The molecule has 0 aliphatic heterocycles. The van der Waals surface area contributed by atoms with Gasteiger partial charge in [-0.2, -0.15) is 5.10 Å². The molecule has 2 aromatic rings. The number of H-pyrrole nitrogens is 1. The molecule has 56 valence electrons. The zero-order valence-electron chi connectivity index (χ0n) is 5.44. The summed E-state index contributed by atoms with van der Waals surface area (Å²) < 4.78 is 12.9. The first kappa shape index (κ1) is 6.61. The molecule has 2 rings (SSSR count). The molecule has 0 amide bonds. The van der Waals surface area contributed by atoms with Crippen LogP contribution in [0.5, 0.6) is 0 Å². The van der Waals surface area contributed by atoms with E-state index in [1.807, 2.05) is 0 Å². The van der Waals surface area contributed by atoms with Crippen LogP contribution in [0, 0.1) is 5.82 Å². The first-order valence-corrected chi connectivity index (χ1v) is 3.43. The van der Waals surface area contributed by atoms with Crippen LogP contribution in [0.3, 0.4) is 0 Å². The van der Waals surface area contributed by atoms with Crippen molar-refractivity contribution >= 4 is 22.5 Å². The van der Waals surface area contributed by atoms with Crippen molar-refractivity contribution < 1.29 is 4.39 Å². The molecular formula is C7H4ClFN2. The van der Waals surface area contributed by atoms with Crippen LogP contribution in [0.2, 0.25) is 5.02 Å². The van der Waals surface area contributed by atoms with Crippen molar-refractivity contribution in [2.75, 3.05) is 0 Å². The average molecular weight is 171 g/mol. The zero-order valence-corrected chi connectivity index (χ0v) is 6.19. The van der Waals surface area contributed by atoms with Crippen molar-refractivity contribution in [3.63, 3.8) is 0 Å². The molecule has 11 heavy (non-hydrogen) atoms. The van der Waals surface area contributed by atoms with Gasteiger partial charge in [0, 0.05) is 10.4 Å². The molecule has 0 atom stereocenters. The third-order valence-electron chi connectivity index (χ3n) is 1.47. The van der Waals surface area contributed by atoms with Gasteiger partial charge in [-0.25, -0.2) is 4.39 Å². The molecule has 1 N–H and O–H groups in total. The van der Waals surface area contributed by atoms with Crippen molar-refractivity contribution in [1.29, 1.82) is 0 Å². The highest BCUT2D eigenvalue weighted by Gasteiger charge is 2.02. The minimum Gasteiger partial charge on any atom is -0.275 e. The molecule has 0 fully saturated rings. The minimum atomic E-state index is -0.370. The zero-order chi connectivity index (χ0) is 7.84. The molecule has 4 heteroatoms. The molecule has 0 saturated carbocycles. The quantitative estimate of drug-likeness (QED) is 0.646. The summed E-state index contributed by atoms with van der Waals surface area (Å²) in [5.74, 6) is -0.370. The van der Waals surface area contributed by atoms with Crippen LogP contribution in [0.25, 0.3) is 10.9 Å². The molecule has 0 radical (unpaired) electrons. The minimum absolute atomic E-state index is 0.370. The number of aromatic amines is 1. The Bertz CT molecular complexity index is 396. The topological polar surface area (TPSA) is 28.7 Å². The van der Waals surface area contributed by atoms with E-state index in [4.69, 9.17) is 11.6 Å². The molecule has 0 aliphatic rings. The van der Waals surface area contributed by atoms with Crippen LogP contribution < -0.4 is 0 Å². The number of fused-ring (bicyclic) bond motifs is 1. The summed E-state index contributed by atoms with van der Waals surface area (Å²) in [7, 11) is 0. The molecule has 1 aromatic heterocycles. The third-order valence-corrected chi connectivity index (χ3v) is 1.68. The van der Waals surface area contributed by atoms with E-state index >= 15 is 0 Å². The number of benzene rings is 1. The Morgan fingerprint density at radius 2 is 2.27 bits per heavy atom. The second-order valence-electron chi connectivity index (χ2n) is 2.22. The number of rotatable bonds is 0. The molecular weight excluding hydrogens is 167 g/mol. The number of nitrogens with zero attached hydrogens (tertiary/aromatic N) is 1.